The smallest absolute Gasteiger partial charge is 0.194 e. The highest BCUT2D eigenvalue weighted by molar-refractivity contribution is 5.80. The van der Waals surface area contributed by atoms with Gasteiger partial charge >= 0.3 is 0 Å². The molecule has 2 N–H and O–H groups in total. The predicted molar refractivity (Wildman–Crippen MR) is 127 cm³/mol. The van der Waals surface area contributed by atoms with Crippen LogP contribution in [-0.4, -0.2) is 67.3 Å². The van der Waals surface area contributed by atoms with Crippen molar-refractivity contribution in [1.29, 1.82) is 0 Å². The van der Waals surface area contributed by atoms with E-state index in [1.165, 1.54) is 25.7 Å². The lowest BCUT2D eigenvalue weighted by atomic mass is 10.2. The number of para-hydroxylation sites is 2. The molecule has 0 atom stereocenters. The molecule has 2 aliphatic rings. The average Bonchev–Trinajstić information content (AvgIpc) is 3.10. The van der Waals surface area contributed by atoms with Gasteiger partial charge in [0.15, 0.2) is 5.96 Å². The van der Waals surface area contributed by atoms with E-state index < -0.39 is 0 Å². The van der Waals surface area contributed by atoms with Crippen LogP contribution in [0.25, 0.3) is 0 Å². The number of rotatable bonds is 4. The molecule has 1 aromatic carbocycles. The Morgan fingerprint density at radius 2 is 1.68 bits per heavy atom. The van der Waals surface area contributed by atoms with E-state index in [4.69, 9.17) is 4.98 Å². The molecule has 0 unspecified atom stereocenters. The summed E-state index contributed by atoms with van der Waals surface area (Å²) in [6, 6.07) is 11.9. The van der Waals surface area contributed by atoms with Crippen molar-refractivity contribution in [2.45, 2.75) is 32.2 Å². The largest absolute Gasteiger partial charge is 0.506 e. The number of aromatic nitrogens is 1. The first-order valence-corrected chi connectivity index (χ1v) is 11.4. The molecule has 0 saturated carbocycles. The normalized spacial score (nSPS) is 18.1. The summed E-state index contributed by atoms with van der Waals surface area (Å²) >= 11 is 0. The van der Waals surface area contributed by atoms with Gasteiger partial charge in [0.2, 0.25) is 0 Å². The van der Waals surface area contributed by atoms with Crippen LogP contribution < -0.4 is 15.1 Å². The molecular weight excluding hydrogens is 388 g/mol. The molecule has 0 bridgehead atoms. The number of aliphatic imine (C=N–C) groups is 1. The summed E-state index contributed by atoms with van der Waals surface area (Å²) in [7, 11) is 1.83. The average molecular weight is 423 g/mol. The van der Waals surface area contributed by atoms with Gasteiger partial charge in [-0.2, -0.15) is 0 Å². The third-order valence-electron chi connectivity index (χ3n) is 6.20. The monoisotopic (exact) mass is 422 g/mol. The molecule has 0 radical (unpaired) electrons. The van der Waals surface area contributed by atoms with Crippen LogP contribution in [0.1, 0.15) is 31.2 Å². The van der Waals surface area contributed by atoms with Crippen molar-refractivity contribution in [3.05, 3.63) is 48.2 Å². The van der Waals surface area contributed by atoms with Gasteiger partial charge in [0, 0.05) is 59.1 Å². The lowest BCUT2D eigenvalue weighted by Gasteiger charge is -2.37. The number of anilines is 2. The lowest BCUT2D eigenvalue weighted by Crippen LogP contribution is -2.52. The minimum atomic E-state index is 0.342. The number of nitrogens with zero attached hydrogens (tertiary/aromatic N) is 5. The second-order valence-electron chi connectivity index (χ2n) is 8.29. The van der Waals surface area contributed by atoms with Crippen LogP contribution >= 0.6 is 0 Å². The first-order chi connectivity index (χ1) is 15.2. The molecule has 31 heavy (non-hydrogen) atoms. The molecule has 2 fully saturated rings. The minimum Gasteiger partial charge on any atom is -0.506 e. The van der Waals surface area contributed by atoms with E-state index in [9.17, 15) is 5.11 Å². The lowest BCUT2D eigenvalue weighted by molar-refractivity contribution is 0.369. The maximum atomic E-state index is 10.1. The minimum absolute atomic E-state index is 0.342. The van der Waals surface area contributed by atoms with E-state index in [0.29, 0.717) is 12.3 Å². The van der Waals surface area contributed by atoms with E-state index in [2.05, 4.69) is 37.1 Å². The Bertz CT molecular complexity index is 853. The molecule has 0 aliphatic carbocycles. The molecule has 7 heteroatoms. The standard InChI is InChI=1S/C24H34N6O/c1-25-24(30-16-14-28(15-17-30)21-8-4-5-9-22(21)31)27-19-20-10-11-23(26-18-20)29-12-6-2-3-7-13-29/h4-5,8-11,18,31H,2-3,6-7,12-17,19H2,1H3,(H,25,27). The molecule has 2 aliphatic heterocycles. The van der Waals surface area contributed by atoms with Gasteiger partial charge in [-0.1, -0.05) is 31.0 Å². The van der Waals surface area contributed by atoms with E-state index in [0.717, 1.165) is 62.3 Å². The van der Waals surface area contributed by atoms with E-state index in [1.54, 1.807) is 6.07 Å². The fourth-order valence-corrected chi connectivity index (χ4v) is 4.41. The van der Waals surface area contributed by atoms with Crippen molar-refractivity contribution in [1.82, 2.24) is 15.2 Å². The summed E-state index contributed by atoms with van der Waals surface area (Å²) in [5.41, 5.74) is 2.06. The summed E-state index contributed by atoms with van der Waals surface area (Å²) in [5, 5.41) is 13.6. The Hall–Kier alpha value is -2.96. The summed E-state index contributed by atoms with van der Waals surface area (Å²) < 4.78 is 0. The SMILES string of the molecule is CN=C(NCc1ccc(N2CCCCCC2)nc1)N1CCN(c2ccccc2O)CC1. The molecule has 0 spiro atoms. The second-order valence-corrected chi connectivity index (χ2v) is 8.29. The first-order valence-electron chi connectivity index (χ1n) is 11.4. The molecule has 4 rings (SSSR count). The Labute approximate surface area is 185 Å². The molecule has 1 aromatic heterocycles. The van der Waals surface area contributed by atoms with E-state index in [-0.39, 0.29) is 0 Å². The Balaban J connectivity index is 1.28. The van der Waals surface area contributed by atoms with Crippen molar-refractivity contribution >= 4 is 17.5 Å². The van der Waals surface area contributed by atoms with Gasteiger partial charge in [-0.25, -0.2) is 4.98 Å². The Morgan fingerprint density at radius 1 is 0.935 bits per heavy atom. The maximum absolute atomic E-state index is 10.1. The molecule has 0 amide bonds. The number of phenols is 1. The molecular formula is C24H34N6O. The van der Waals surface area contributed by atoms with Crippen molar-refractivity contribution in [2.24, 2.45) is 4.99 Å². The predicted octanol–water partition coefficient (Wildman–Crippen LogP) is 3.07. The summed E-state index contributed by atoms with van der Waals surface area (Å²) in [5.74, 6) is 2.35. The van der Waals surface area contributed by atoms with Gasteiger partial charge in [0.1, 0.15) is 11.6 Å². The molecule has 166 valence electrons. The molecule has 3 heterocycles. The number of pyridine rings is 1. The number of benzene rings is 1. The van der Waals surface area contributed by atoms with Crippen LogP contribution in [0.3, 0.4) is 0 Å². The highest BCUT2D eigenvalue weighted by atomic mass is 16.3. The number of piperazine rings is 1. The van der Waals surface area contributed by atoms with Crippen molar-refractivity contribution in [3.8, 4) is 5.75 Å². The fourth-order valence-electron chi connectivity index (χ4n) is 4.41. The zero-order valence-electron chi connectivity index (χ0n) is 18.5. The number of hydrogen-bond acceptors (Lipinski definition) is 5. The summed E-state index contributed by atoms with van der Waals surface area (Å²) in [6.45, 7) is 6.36. The zero-order chi connectivity index (χ0) is 21.5. The highest BCUT2D eigenvalue weighted by Gasteiger charge is 2.21. The van der Waals surface area contributed by atoms with Gasteiger partial charge in [0.05, 0.1) is 5.69 Å². The summed E-state index contributed by atoms with van der Waals surface area (Å²) in [4.78, 5) is 16.1. The number of nitrogens with one attached hydrogen (secondary N) is 1. The fraction of sp³-hybridized carbons (Fsp3) is 0.500. The molecule has 7 nitrogen and oxygen atoms in total. The highest BCUT2D eigenvalue weighted by Crippen LogP contribution is 2.27. The summed E-state index contributed by atoms with van der Waals surface area (Å²) in [6.07, 6.45) is 7.17. The van der Waals surface area contributed by atoms with Crippen LogP contribution in [0.2, 0.25) is 0 Å². The van der Waals surface area contributed by atoms with Gasteiger partial charge in [-0.3, -0.25) is 4.99 Å². The molecule has 2 aromatic rings. The van der Waals surface area contributed by atoms with Gasteiger partial charge < -0.3 is 25.1 Å². The number of hydrogen-bond donors (Lipinski definition) is 2. The van der Waals surface area contributed by atoms with Crippen LogP contribution in [0, 0.1) is 0 Å². The number of phenolic OH excluding ortho intramolecular Hbond substituents is 1. The third kappa shape index (κ3) is 5.40. The quantitative estimate of drug-likeness (QED) is 0.583. The first kappa shape index (κ1) is 21.3. The van der Waals surface area contributed by atoms with E-state index >= 15 is 0 Å². The number of guanidine groups is 1. The van der Waals surface area contributed by atoms with Gasteiger partial charge in [-0.15, -0.1) is 0 Å². The van der Waals surface area contributed by atoms with Gasteiger partial charge in [0.25, 0.3) is 0 Å². The van der Waals surface area contributed by atoms with Crippen molar-refractivity contribution < 1.29 is 5.11 Å². The third-order valence-corrected chi connectivity index (χ3v) is 6.20. The zero-order valence-corrected chi connectivity index (χ0v) is 18.5. The van der Waals surface area contributed by atoms with Crippen LogP contribution in [0.5, 0.6) is 5.75 Å². The van der Waals surface area contributed by atoms with Crippen LogP contribution in [-0.2, 0) is 6.54 Å². The second kappa shape index (κ2) is 10.4. The Kier molecular flexibility index (Phi) is 7.12. The van der Waals surface area contributed by atoms with Crippen LogP contribution in [0.15, 0.2) is 47.6 Å². The maximum Gasteiger partial charge on any atom is 0.194 e. The van der Waals surface area contributed by atoms with Crippen molar-refractivity contribution in [3.63, 3.8) is 0 Å². The topological polar surface area (TPSA) is 67.2 Å². The van der Waals surface area contributed by atoms with Crippen molar-refractivity contribution in [2.75, 3.05) is 56.1 Å². The van der Waals surface area contributed by atoms with E-state index in [1.807, 2.05) is 31.4 Å². The molecule has 2 saturated heterocycles. The van der Waals surface area contributed by atoms with Gasteiger partial charge in [-0.05, 0) is 36.6 Å². The van der Waals surface area contributed by atoms with Crippen LogP contribution in [0.4, 0.5) is 11.5 Å². The number of aromatic hydroxyl groups is 1. The Morgan fingerprint density at radius 3 is 2.32 bits per heavy atom.